The van der Waals surface area contributed by atoms with Gasteiger partial charge in [0.2, 0.25) is 0 Å². The van der Waals surface area contributed by atoms with Gasteiger partial charge in [-0.15, -0.1) is 0 Å². The minimum atomic E-state index is 0.745. The van der Waals surface area contributed by atoms with Gasteiger partial charge in [0.05, 0.1) is 13.1 Å². The van der Waals surface area contributed by atoms with Crippen LogP contribution < -0.4 is 5.32 Å². The van der Waals surface area contributed by atoms with E-state index in [1.165, 1.54) is 11.1 Å². The average molecular weight is 244 g/mol. The summed E-state index contributed by atoms with van der Waals surface area (Å²) in [5, 5.41) is 7.75. The molecule has 0 aliphatic carbocycles. The highest BCUT2D eigenvalue weighted by molar-refractivity contribution is 5.22. The lowest BCUT2D eigenvalue weighted by molar-refractivity contribution is 0.625. The number of benzene rings is 1. The predicted octanol–water partition coefficient (Wildman–Crippen LogP) is 2.13. The molecule has 0 aliphatic heterocycles. The lowest BCUT2D eigenvalue weighted by Gasteiger charge is -2.02. The third-order valence-electron chi connectivity index (χ3n) is 2.72. The number of nitrogens with one attached hydrogen (secondary N) is 1. The molecule has 2 rings (SSSR count). The minimum Gasteiger partial charge on any atom is -0.310 e. The Balaban J connectivity index is 1.94. The topological polar surface area (TPSA) is 42.7 Å². The highest BCUT2D eigenvalue weighted by Crippen LogP contribution is 2.05. The fourth-order valence-corrected chi connectivity index (χ4v) is 1.86. The Morgan fingerprint density at radius 2 is 2.22 bits per heavy atom. The number of rotatable bonds is 6. The standard InChI is InChI=1S/C14H20N4/c1-3-7-15-9-14-16-11-18(17-14)10-13-6-4-5-12(2)8-13/h4-6,8,11,15H,3,7,9-10H2,1-2H3. The number of aryl methyl sites for hydroxylation is 1. The van der Waals surface area contributed by atoms with Gasteiger partial charge in [-0.2, -0.15) is 5.10 Å². The quantitative estimate of drug-likeness (QED) is 0.792. The molecule has 4 nitrogen and oxygen atoms in total. The predicted molar refractivity (Wildman–Crippen MR) is 72.3 cm³/mol. The molecule has 96 valence electrons. The Morgan fingerprint density at radius 1 is 1.33 bits per heavy atom. The molecule has 0 atom stereocenters. The van der Waals surface area contributed by atoms with Crippen LogP contribution in [0.2, 0.25) is 0 Å². The number of hydrogen-bond donors (Lipinski definition) is 1. The number of hydrogen-bond acceptors (Lipinski definition) is 3. The smallest absolute Gasteiger partial charge is 0.164 e. The molecule has 0 unspecified atom stereocenters. The Morgan fingerprint density at radius 3 is 3.00 bits per heavy atom. The van der Waals surface area contributed by atoms with Crippen molar-refractivity contribution in [2.75, 3.05) is 6.54 Å². The SMILES string of the molecule is CCCNCc1ncn(Cc2cccc(C)c2)n1. The van der Waals surface area contributed by atoms with E-state index in [0.29, 0.717) is 0 Å². The van der Waals surface area contributed by atoms with Gasteiger partial charge in [0.25, 0.3) is 0 Å². The summed E-state index contributed by atoms with van der Waals surface area (Å²) in [5.41, 5.74) is 2.53. The van der Waals surface area contributed by atoms with Gasteiger partial charge in [-0.3, -0.25) is 0 Å². The van der Waals surface area contributed by atoms with E-state index in [1.807, 2.05) is 4.68 Å². The van der Waals surface area contributed by atoms with Crippen molar-refractivity contribution in [1.29, 1.82) is 0 Å². The molecule has 0 saturated heterocycles. The third kappa shape index (κ3) is 3.67. The zero-order chi connectivity index (χ0) is 12.8. The molecule has 2 aromatic rings. The summed E-state index contributed by atoms with van der Waals surface area (Å²) in [6.45, 7) is 6.78. The second-order valence-electron chi connectivity index (χ2n) is 4.52. The van der Waals surface area contributed by atoms with Crippen molar-refractivity contribution in [2.45, 2.75) is 33.4 Å². The Kier molecular flexibility index (Phi) is 4.47. The summed E-state index contributed by atoms with van der Waals surface area (Å²) < 4.78 is 1.89. The van der Waals surface area contributed by atoms with Gasteiger partial charge in [0.15, 0.2) is 5.82 Å². The van der Waals surface area contributed by atoms with Gasteiger partial charge in [0.1, 0.15) is 6.33 Å². The molecule has 0 spiro atoms. The van der Waals surface area contributed by atoms with Crippen LogP contribution in [-0.2, 0) is 13.1 Å². The summed E-state index contributed by atoms with van der Waals surface area (Å²) in [6.07, 6.45) is 2.93. The van der Waals surface area contributed by atoms with Crippen molar-refractivity contribution in [1.82, 2.24) is 20.1 Å². The van der Waals surface area contributed by atoms with Crippen LogP contribution in [0.5, 0.6) is 0 Å². The Hall–Kier alpha value is -1.68. The van der Waals surface area contributed by atoms with Crippen molar-refractivity contribution in [3.05, 3.63) is 47.5 Å². The van der Waals surface area contributed by atoms with Crippen LogP contribution in [0.15, 0.2) is 30.6 Å². The van der Waals surface area contributed by atoms with Gasteiger partial charge in [-0.05, 0) is 25.5 Å². The van der Waals surface area contributed by atoms with Gasteiger partial charge in [-0.25, -0.2) is 9.67 Å². The van der Waals surface area contributed by atoms with E-state index >= 15 is 0 Å². The third-order valence-corrected chi connectivity index (χ3v) is 2.72. The molecule has 1 N–H and O–H groups in total. The van der Waals surface area contributed by atoms with Crippen molar-refractivity contribution in [3.63, 3.8) is 0 Å². The lowest BCUT2D eigenvalue weighted by Crippen LogP contribution is -2.15. The van der Waals surface area contributed by atoms with E-state index in [1.54, 1.807) is 6.33 Å². The molecular formula is C14H20N4. The first-order valence-corrected chi connectivity index (χ1v) is 6.42. The molecule has 0 fully saturated rings. The Labute approximate surface area is 108 Å². The lowest BCUT2D eigenvalue weighted by atomic mass is 10.1. The molecule has 0 amide bonds. The first-order chi connectivity index (χ1) is 8.78. The summed E-state index contributed by atoms with van der Waals surface area (Å²) in [4.78, 5) is 4.30. The molecule has 0 bridgehead atoms. The molecule has 1 aromatic heterocycles. The minimum absolute atomic E-state index is 0.745. The molecule has 1 heterocycles. The maximum Gasteiger partial charge on any atom is 0.164 e. The van der Waals surface area contributed by atoms with Crippen LogP contribution in [-0.4, -0.2) is 21.3 Å². The van der Waals surface area contributed by atoms with Gasteiger partial charge in [0, 0.05) is 0 Å². The Bertz CT molecular complexity index is 490. The van der Waals surface area contributed by atoms with Crippen molar-refractivity contribution in [3.8, 4) is 0 Å². The van der Waals surface area contributed by atoms with E-state index in [4.69, 9.17) is 0 Å². The zero-order valence-electron chi connectivity index (χ0n) is 11.1. The van der Waals surface area contributed by atoms with Gasteiger partial charge >= 0.3 is 0 Å². The summed E-state index contributed by atoms with van der Waals surface area (Å²) in [7, 11) is 0. The molecular weight excluding hydrogens is 224 g/mol. The first kappa shape index (κ1) is 12.8. The fourth-order valence-electron chi connectivity index (χ4n) is 1.86. The summed E-state index contributed by atoms with van der Waals surface area (Å²) >= 11 is 0. The fraction of sp³-hybridized carbons (Fsp3) is 0.429. The van der Waals surface area contributed by atoms with E-state index in [9.17, 15) is 0 Å². The van der Waals surface area contributed by atoms with Gasteiger partial charge in [-0.1, -0.05) is 36.8 Å². The van der Waals surface area contributed by atoms with Crippen molar-refractivity contribution < 1.29 is 0 Å². The van der Waals surface area contributed by atoms with Crippen LogP contribution in [0.25, 0.3) is 0 Å². The maximum absolute atomic E-state index is 4.45. The molecule has 0 aliphatic rings. The molecule has 1 aromatic carbocycles. The zero-order valence-corrected chi connectivity index (χ0v) is 11.1. The van der Waals surface area contributed by atoms with Crippen LogP contribution in [0, 0.1) is 6.92 Å². The van der Waals surface area contributed by atoms with Crippen LogP contribution in [0.1, 0.15) is 30.3 Å². The molecule has 4 heteroatoms. The summed E-state index contributed by atoms with van der Waals surface area (Å²) in [5.74, 6) is 0.858. The van der Waals surface area contributed by atoms with E-state index < -0.39 is 0 Å². The normalized spacial score (nSPS) is 10.8. The number of aromatic nitrogens is 3. The van der Waals surface area contributed by atoms with Crippen molar-refractivity contribution in [2.24, 2.45) is 0 Å². The number of nitrogens with zero attached hydrogens (tertiary/aromatic N) is 3. The van der Waals surface area contributed by atoms with Crippen LogP contribution >= 0.6 is 0 Å². The van der Waals surface area contributed by atoms with Gasteiger partial charge < -0.3 is 5.32 Å². The molecule has 0 radical (unpaired) electrons. The second-order valence-corrected chi connectivity index (χ2v) is 4.52. The highest BCUT2D eigenvalue weighted by atomic mass is 15.3. The molecule has 0 saturated carbocycles. The van der Waals surface area contributed by atoms with Crippen LogP contribution in [0.3, 0.4) is 0 Å². The second kappa shape index (κ2) is 6.31. The monoisotopic (exact) mass is 244 g/mol. The van der Waals surface area contributed by atoms with Crippen LogP contribution in [0.4, 0.5) is 0 Å². The maximum atomic E-state index is 4.45. The van der Waals surface area contributed by atoms with E-state index in [0.717, 1.165) is 31.9 Å². The largest absolute Gasteiger partial charge is 0.310 e. The van der Waals surface area contributed by atoms with Crippen molar-refractivity contribution >= 4 is 0 Å². The summed E-state index contributed by atoms with van der Waals surface area (Å²) in [6, 6.07) is 8.47. The first-order valence-electron chi connectivity index (χ1n) is 6.42. The molecule has 18 heavy (non-hydrogen) atoms. The average Bonchev–Trinajstić information content (AvgIpc) is 2.77. The van der Waals surface area contributed by atoms with E-state index in [-0.39, 0.29) is 0 Å². The highest BCUT2D eigenvalue weighted by Gasteiger charge is 2.01. The van der Waals surface area contributed by atoms with E-state index in [2.05, 4.69) is 53.5 Å².